The highest BCUT2D eigenvalue weighted by Gasteiger charge is 2.33. The number of hydrogen-bond acceptors (Lipinski definition) is 3. The Kier molecular flexibility index (Phi) is 3.84. The zero-order valence-electron chi connectivity index (χ0n) is 14.3. The van der Waals surface area contributed by atoms with Crippen LogP contribution in [0.25, 0.3) is 0 Å². The van der Waals surface area contributed by atoms with Gasteiger partial charge in [0.1, 0.15) is 18.2 Å². The fraction of sp³-hybridized carbons (Fsp3) is 0.600. The highest BCUT2D eigenvalue weighted by atomic mass is 16.5. The van der Waals surface area contributed by atoms with Crippen molar-refractivity contribution in [1.82, 2.24) is 4.90 Å². The third-order valence-corrected chi connectivity index (χ3v) is 5.89. The Labute approximate surface area is 139 Å². The first-order chi connectivity index (χ1) is 11.1. The Hall–Kier alpha value is -1.48. The number of ether oxygens (including phenoxy) is 1. The van der Waals surface area contributed by atoms with Crippen LogP contribution in [0.3, 0.4) is 0 Å². The minimum Gasteiger partial charge on any atom is -0.507 e. The predicted molar refractivity (Wildman–Crippen MR) is 91.9 cm³/mol. The average molecular weight is 313 g/mol. The maximum absolute atomic E-state index is 10.6. The van der Waals surface area contributed by atoms with Crippen LogP contribution in [-0.4, -0.2) is 22.8 Å². The molecule has 3 aliphatic rings. The molecule has 1 unspecified atom stereocenters. The second-order valence-electron chi connectivity index (χ2n) is 7.55. The second kappa shape index (κ2) is 5.86. The van der Waals surface area contributed by atoms with Gasteiger partial charge in [0.15, 0.2) is 0 Å². The normalized spacial score (nSPS) is 25.3. The Bertz CT molecular complexity index is 646. The number of fused-ring (bicyclic) bond motifs is 1. The van der Waals surface area contributed by atoms with Crippen molar-refractivity contribution < 1.29 is 9.84 Å². The molecule has 1 atom stereocenters. The van der Waals surface area contributed by atoms with E-state index in [1.54, 1.807) is 0 Å². The van der Waals surface area contributed by atoms with Crippen LogP contribution in [-0.2, 0) is 6.54 Å². The summed E-state index contributed by atoms with van der Waals surface area (Å²) in [6, 6.07) is 2.64. The number of hydrogen-bond donors (Lipinski definition) is 1. The zero-order valence-corrected chi connectivity index (χ0v) is 14.3. The molecule has 1 aromatic rings. The van der Waals surface area contributed by atoms with Crippen molar-refractivity contribution in [2.45, 2.75) is 70.9 Å². The first kappa shape index (κ1) is 15.1. The van der Waals surface area contributed by atoms with E-state index in [0.29, 0.717) is 24.4 Å². The van der Waals surface area contributed by atoms with Crippen LogP contribution in [0.2, 0.25) is 0 Å². The second-order valence-corrected chi connectivity index (χ2v) is 7.55. The van der Waals surface area contributed by atoms with Crippen LogP contribution in [0.15, 0.2) is 17.7 Å². The molecular formula is C20H27NO2. The van der Waals surface area contributed by atoms with E-state index in [1.165, 1.54) is 43.2 Å². The summed E-state index contributed by atoms with van der Waals surface area (Å²) in [6.45, 7) is 5.93. The first-order valence-corrected chi connectivity index (χ1v) is 9.03. The summed E-state index contributed by atoms with van der Waals surface area (Å²) < 4.78 is 6.21. The van der Waals surface area contributed by atoms with Crippen molar-refractivity contribution in [2.75, 3.05) is 6.73 Å². The quantitative estimate of drug-likeness (QED) is 0.809. The third kappa shape index (κ3) is 2.65. The molecule has 0 bridgehead atoms. The van der Waals surface area contributed by atoms with E-state index < -0.39 is 0 Å². The van der Waals surface area contributed by atoms with Crippen LogP contribution in [0, 0.1) is 6.92 Å². The minimum absolute atomic E-state index is 0.299. The number of aromatic hydroxyl groups is 1. The average Bonchev–Trinajstić information content (AvgIpc) is 2.46. The van der Waals surface area contributed by atoms with Crippen LogP contribution in [0.1, 0.15) is 68.1 Å². The molecule has 2 aliphatic carbocycles. The lowest BCUT2D eigenvalue weighted by molar-refractivity contribution is 0.0225. The van der Waals surface area contributed by atoms with Crippen molar-refractivity contribution in [3.63, 3.8) is 0 Å². The van der Waals surface area contributed by atoms with Gasteiger partial charge >= 0.3 is 0 Å². The van der Waals surface area contributed by atoms with Gasteiger partial charge in [-0.3, -0.25) is 4.90 Å². The van der Waals surface area contributed by atoms with E-state index in [1.807, 2.05) is 6.07 Å². The summed E-state index contributed by atoms with van der Waals surface area (Å²) in [7, 11) is 0. The summed E-state index contributed by atoms with van der Waals surface area (Å²) in [6.07, 6.45) is 9.76. The first-order valence-electron chi connectivity index (χ1n) is 9.03. The van der Waals surface area contributed by atoms with Crippen molar-refractivity contribution in [2.24, 2.45) is 0 Å². The van der Waals surface area contributed by atoms with Gasteiger partial charge in [-0.15, -0.1) is 0 Å². The standard InChI is InChI=1S/C20H27NO2/c1-13-5-3-6-15(9-13)19-18(22)10-14(2)17-11-21(12-23-20(17)19)16-7-4-8-16/h9-10,15-16,22H,3-8,11-12H2,1-2H3. The molecule has 1 fully saturated rings. The largest absolute Gasteiger partial charge is 0.507 e. The molecule has 0 aromatic heterocycles. The molecule has 124 valence electrons. The number of aryl methyl sites for hydroxylation is 1. The van der Waals surface area contributed by atoms with Crippen molar-refractivity contribution in [3.05, 3.63) is 34.4 Å². The third-order valence-electron chi connectivity index (χ3n) is 5.89. The smallest absolute Gasteiger partial charge is 0.142 e. The van der Waals surface area contributed by atoms with Crippen LogP contribution < -0.4 is 4.74 Å². The van der Waals surface area contributed by atoms with Crippen molar-refractivity contribution in [3.8, 4) is 11.5 Å². The molecule has 3 heteroatoms. The van der Waals surface area contributed by atoms with Gasteiger partial charge in [0.2, 0.25) is 0 Å². The molecule has 1 aliphatic heterocycles. The number of rotatable bonds is 2. The lowest BCUT2D eigenvalue weighted by Crippen LogP contribution is -2.44. The number of benzene rings is 1. The predicted octanol–water partition coefficient (Wildman–Crippen LogP) is 4.62. The zero-order chi connectivity index (χ0) is 16.0. The Morgan fingerprint density at radius 3 is 2.70 bits per heavy atom. The van der Waals surface area contributed by atoms with E-state index in [-0.39, 0.29) is 0 Å². The van der Waals surface area contributed by atoms with E-state index in [4.69, 9.17) is 4.74 Å². The van der Waals surface area contributed by atoms with Gasteiger partial charge in [-0.25, -0.2) is 0 Å². The number of phenols is 1. The highest BCUT2D eigenvalue weighted by Crippen LogP contribution is 2.46. The van der Waals surface area contributed by atoms with Gasteiger partial charge < -0.3 is 9.84 Å². The van der Waals surface area contributed by atoms with E-state index in [0.717, 1.165) is 29.8 Å². The molecule has 23 heavy (non-hydrogen) atoms. The number of phenolic OH excluding ortho intramolecular Hbond substituents is 1. The van der Waals surface area contributed by atoms with Gasteiger partial charge in [-0.2, -0.15) is 0 Å². The Balaban J connectivity index is 1.72. The lowest BCUT2D eigenvalue weighted by atomic mass is 9.83. The SMILES string of the molecule is CC1=CC(c2c(O)cc(C)c3c2OCN(C2CCC2)C3)CCC1. The summed E-state index contributed by atoms with van der Waals surface area (Å²) in [5.74, 6) is 1.68. The van der Waals surface area contributed by atoms with E-state index >= 15 is 0 Å². The Morgan fingerprint density at radius 2 is 2.00 bits per heavy atom. The van der Waals surface area contributed by atoms with E-state index in [2.05, 4.69) is 24.8 Å². The molecule has 4 rings (SSSR count). The highest BCUT2D eigenvalue weighted by molar-refractivity contribution is 5.57. The molecule has 1 saturated carbocycles. The van der Waals surface area contributed by atoms with Crippen molar-refractivity contribution in [1.29, 1.82) is 0 Å². The monoisotopic (exact) mass is 313 g/mol. The molecule has 0 spiro atoms. The van der Waals surface area contributed by atoms with Gasteiger partial charge in [-0.05, 0) is 57.6 Å². The molecule has 0 radical (unpaired) electrons. The molecule has 1 aromatic carbocycles. The maximum Gasteiger partial charge on any atom is 0.142 e. The van der Waals surface area contributed by atoms with Crippen LogP contribution in [0.5, 0.6) is 11.5 Å². The summed E-state index contributed by atoms with van der Waals surface area (Å²) >= 11 is 0. The number of allylic oxidation sites excluding steroid dienone is 2. The molecule has 1 N–H and O–H groups in total. The summed E-state index contributed by atoms with van der Waals surface area (Å²) in [5.41, 5.74) is 4.90. The van der Waals surface area contributed by atoms with Gasteiger partial charge in [-0.1, -0.05) is 18.1 Å². The summed E-state index contributed by atoms with van der Waals surface area (Å²) in [4.78, 5) is 2.46. The van der Waals surface area contributed by atoms with Gasteiger partial charge in [0.25, 0.3) is 0 Å². The molecule has 0 amide bonds. The lowest BCUT2D eigenvalue weighted by Gasteiger charge is -2.41. The van der Waals surface area contributed by atoms with Crippen molar-refractivity contribution >= 4 is 0 Å². The van der Waals surface area contributed by atoms with Gasteiger partial charge in [0.05, 0.1) is 0 Å². The van der Waals surface area contributed by atoms with E-state index in [9.17, 15) is 5.11 Å². The maximum atomic E-state index is 10.6. The molecular weight excluding hydrogens is 286 g/mol. The topological polar surface area (TPSA) is 32.7 Å². The fourth-order valence-corrected chi connectivity index (χ4v) is 4.27. The fourth-order valence-electron chi connectivity index (χ4n) is 4.27. The molecule has 3 nitrogen and oxygen atoms in total. The minimum atomic E-state index is 0.299. The molecule has 0 saturated heterocycles. The van der Waals surface area contributed by atoms with Crippen LogP contribution in [0.4, 0.5) is 0 Å². The molecule has 1 heterocycles. The van der Waals surface area contributed by atoms with Gasteiger partial charge in [0, 0.05) is 29.6 Å². The summed E-state index contributed by atoms with van der Waals surface area (Å²) in [5, 5.41) is 10.6. The Morgan fingerprint density at radius 1 is 1.17 bits per heavy atom. The number of nitrogens with zero attached hydrogens (tertiary/aromatic N) is 1. The van der Waals surface area contributed by atoms with Crippen LogP contribution >= 0.6 is 0 Å².